The van der Waals surface area contributed by atoms with E-state index in [0.717, 1.165) is 41.4 Å². The smallest absolute Gasteiger partial charge is 0.292 e. The average Bonchev–Trinajstić information content (AvgIpc) is 2.94. The van der Waals surface area contributed by atoms with E-state index < -0.39 is 0 Å². The van der Waals surface area contributed by atoms with Crippen molar-refractivity contribution in [2.24, 2.45) is 5.10 Å². The van der Waals surface area contributed by atoms with Crippen LogP contribution in [0.1, 0.15) is 40.2 Å². The van der Waals surface area contributed by atoms with Crippen LogP contribution in [0.25, 0.3) is 0 Å². The molecule has 0 spiro atoms. The maximum Gasteiger partial charge on any atom is 0.292 e. The maximum atomic E-state index is 12.1. The zero-order chi connectivity index (χ0) is 15.5. The highest BCUT2D eigenvalue weighted by Crippen LogP contribution is 2.22. The fraction of sp³-hybridized carbons (Fsp3) is 0.267. The number of aromatic amines is 1. The largest absolute Gasteiger partial charge is 0.507 e. The fourth-order valence-electron chi connectivity index (χ4n) is 2.51. The van der Waals surface area contributed by atoms with Gasteiger partial charge in [0, 0.05) is 21.3 Å². The number of hydrogen-bond acceptors (Lipinski definition) is 4. The van der Waals surface area contributed by atoms with Gasteiger partial charge in [0.25, 0.3) is 5.91 Å². The number of hydrazone groups is 1. The molecular weight excluding hydrogens is 348 g/mol. The van der Waals surface area contributed by atoms with E-state index in [2.05, 4.69) is 36.7 Å². The summed E-state index contributed by atoms with van der Waals surface area (Å²) in [5.74, 6) is -0.247. The van der Waals surface area contributed by atoms with Gasteiger partial charge >= 0.3 is 0 Å². The Morgan fingerprint density at radius 2 is 2.23 bits per heavy atom. The molecule has 0 bridgehead atoms. The summed E-state index contributed by atoms with van der Waals surface area (Å²) in [5, 5.41) is 20.6. The maximum absolute atomic E-state index is 12.1. The number of phenols is 1. The standard InChI is InChI=1S/C15H15BrN4O2/c16-10-5-6-13(21)9(7-10)8-17-20-15(22)14-11-3-1-2-4-12(11)18-19-14/h5-8,21H,1-4H2,(H,18,19)(H,20,22)/b17-8-. The molecule has 1 aliphatic carbocycles. The summed E-state index contributed by atoms with van der Waals surface area (Å²) in [7, 11) is 0. The average molecular weight is 363 g/mol. The lowest BCUT2D eigenvalue weighted by atomic mass is 9.96. The Bertz CT molecular complexity index is 739. The summed E-state index contributed by atoms with van der Waals surface area (Å²) in [5.41, 5.74) is 5.41. The molecule has 1 amide bonds. The Balaban J connectivity index is 1.71. The van der Waals surface area contributed by atoms with Crippen LogP contribution in [0.3, 0.4) is 0 Å². The lowest BCUT2D eigenvalue weighted by Crippen LogP contribution is -2.20. The Morgan fingerprint density at radius 3 is 3.09 bits per heavy atom. The van der Waals surface area contributed by atoms with Crippen molar-refractivity contribution in [3.05, 3.63) is 45.2 Å². The number of nitrogens with one attached hydrogen (secondary N) is 2. The number of hydrogen-bond donors (Lipinski definition) is 3. The van der Waals surface area contributed by atoms with E-state index >= 15 is 0 Å². The quantitative estimate of drug-likeness (QED) is 0.578. The third-order valence-electron chi connectivity index (χ3n) is 3.63. The molecule has 1 aromatic heterocycles. The van der Waals surface area contributed by atoms with Gasteiger partial charge in [0.15, 0.2) is 5.69 Å². The van der Waals surface area contributed by atoms with Gasteiger partial charge < -0.3 is 5.11 Å². The number of H-pyrrole nitrogens is 1. The van der Waals surface area contributed by atoms with Gasteiger partial charge in [-0.05, 0) is 43.9 Å². The highest BCUT2D eigenvalue weighted by molar-refractivity contribution is 9.10. The molecule has 0 atom stereocenters. The number of benzene rings is 1. The first-order chi connectivity index (χ1) is 10.6. The van der Waals surface area contributed by atoms with Gasteiger partial charge in [0.1, 0.15) is 5.75 Å². The zero-order valence-corrected chi connectivity index (χ0v) is 13.4. The van der Waals surface area contributed by atoms with Crippen molar-refractivity contribution in [2.75, 3.05) is 0 Å². The molecule has 7 heteroatoms. The zero-order valence-electron chi connectivity index (χ0n) is 11.8. The second-order valence-corrected chi connectivity index (χ2v) is 6.05. The van der Waals surface area contributed by atoms with Crippen LogP contribution in [0.15, 0.2) is 27.8 Å². The van der Waals surface area contributed by atoms with Crippen LogP contribution in [0, 0.1) is 0 Å². The topological polar surface area (TPSA) is 90.4 Å². The van der Waals surface area contributed by atoms with Gasteiger partial charge in [-0.3, -0.25) is 9.89 Å². The predicted octanol–water partition coefficient (Wildman–Crippen LogP) is 2.52. The van der Waals surface area contributed by atoms with E-state index in [-0.39, 0.29) is 11.7 Å². The van der Waals surface area contributed by atoms with E-state index in [0.29, 0.717) is 11.3 Å². The number of aryl methyl sites for hydroxylation is 1. The highest BCUT2D eigenvalue weighted by Gasteiger charge is 2.21. The van der Waals surface area contributed by atoms with Crippen molar-refractivity contribution >= 4 is 28.1 Å². The minimum Gasteiger partial charge on any atom is -0.507 e. The molecule has 0 saturated heterocycles. The number of amides is 1. The SMILES string of the molecule is O=C(N/N=C\c1cc(Br)ccc1O)c1n[nH]c2c1CCCC2. The van der Waals surface area contributed by atoms with Crippen LogP contribution in [0.5, 0.6) is 5.75 Å². The second-order valence-electron chi connectivity index (χ2n) is 5.14. The minimum atomic E-state index is -0.342. The first-order valence-corrected chi connectivity index (χ1v) is 7.82. The molecule has 22 heavy (non-hydrogen) atoms. The molecule has 0 saturated carbocycles. The third-order valence-corrected chi connectivity index (χ3v) is 4.12. The van der Waals surface area contributed by atoms with E-state index in [4.69, 9.17) is 0 Å². The van der Waals surface area contributed by atoms with Crippen LogP contribution in [0.4, 0.5) is 0 Å². The molecule has 0 fully saturated rings. The number of rotatable bonds is 3. The first-order valence-electron chi connectivity index (χ1n) is 7.03. The van der Waals surface area contributed by atoms with Crippen molar-refractivity contribution in [1.29, 1.82) is 0 Å². The Kier molecular flexibility index (Phi) is 4.24. The lowest BCUT2D eigenvalue weighted by molar-refractivity contribution is 0.0949. The number of aromatic nitrogens is 2. The van der Waals surface area contributed by atoms with Crippen LogP contribution in [-0.2, 0) is 12.8 Å². The van der Waals surface area contributed by atoms with E-state index in [9.17, 15) is 9.90 Å². The van der Waals surface area contributed by atoms with Crippen LogP contribution in [-0.4, -0.2) is 27.4 Å². The van der Waals surface area contributed by atoms with Gasteiger partial charge in [-0.1, -0.05) is 15.9 Å². The monoisotopic (exact) mass is 362 g/mol. The molecule has 1 aliphatic rings. The normalized spacial score (nSPS) is 14.0. The van der Waals surface area contributed by atoms with E-state index in [1.807, 2.05) is 0 Å². The third kappa shape index (κ3) is 3.04. The van der Waals surface area contributed by atoms with Crippen LogP contribution < -0.4 is 5.43 Å². The molecule has 2 aromatic rings. The minimum absolute atomic E-state index is 0.0957. The van der Waals surface area contributed by atoms with E-state index in [1.54, 1.807) is 18.2 Å². The number of aromatic hydroxyl groups is 1. The van der Waals surface area contributed by atoms with Gasteiger partial charge in [-0.2, -0.15) is 10.2 Å². The summed E-state index contributed by atoms with van der Waals surface area (Å²) in [6.45, 7) is 0. The molecule has 0 unspecified atom stereocenters. The van der Waals surface area contributed by atoms with Gasteiger partial charge in [-0.15, -0.1) is 0 Å². The molecule has 114 valence electrons. The fourth-order valence-corrected chi connectivity index (χ4v) is 2.89. The summed E-state index contributed by atoms with van der Waals surface area (Å²) in [4.78, 5) is 12.1. The number of nitrogens with zero attached hydrogens (tertiary/aromatic N) is 2. The number of carbonyl (C=O) groups excluding carboxylic acids is 1. The summed E-state index contributed by atoms with van der Waals surface area (Å²) < 4.78 is 0.819. The molecule has 1 heterocycles. The molecule has 0 radical (unpaired) electrons. The van der Waals surface area contributed by atoms with Crippen molar-refractivity contribution in [3.63, 3.8) is 0 Å². The highest BCUT2D eigenvalue weighted by atomic mass is 79.9. The molecule has 6 nitrogen and oxygen atoms in total. The van der Waals surface area contributed by atoms with Crippen molar-refractivity contribution in [3.8, 4) is 5.75 Å². The summed E-state index contributed by atoms with van der Waals surface area (Å²) in [6, 6.07) is 4.99. The van der Waals surface area contributed by atoms with Gasteiger partial charge in [0.2, 0.25) is 0 Å². The lowest BCUT2D eigenvalue weighted by Gasteiger charge is -2.10. The number of fused-ring (bicyclic) bond motifs is 1. The predicted molar refractivity (Wildman–Crippen MR) is 86.1 cm³/mol. The van der Waals surface area contributed by atoms with Crippen LogP contribution in [0.2, 0.25) is 0 Å². The van der Waals surface area contributed by atoms with Crippen molar-refractivity contribution < 1.29 is 9.90 Å². The van der Waals surface area contributed by atoms with Crippen molar-refractivity contribution in [1.82, 2.24) is 15.6 Å². The van der Waals surface area contributed by atoms with Crippen molar-refractivity contribution in [2.45, 2.75) is 25.7 Å². The number of phenolic OH excluding ortho intramolecular Hbond substituents is 1. The number of carbonyl (C=O) groups is 1. The van der Waals surface area contributed by atoms with Crippen LogP contribution >= 0.6 is 15.9 Å². The Labute approximate surface area is 135 Å². The molecular formula is C15H15BrN4O2. The Morgan fingerprint density at radius 1 is 1.41 bits per heavy atom. The first kappa shape index (κ1) is 14.8. The summed E-state index contributed by atoms with van der Waals surface area (Å²) >= 11 is 3.32. The Hall–Kier alpha value is -2.15. The van der Waals surface area contributed by atoms with Gasteiger partial charge in [-0.25, -0.2) is 5.43 Å². The molecule has 3 rings (SSSR count). The molecule has 0 aliphatic heterocycles. The van der Waals surface area contributed by atoms with E-state index in [1.165, 1.54) is 6.21 Å². The second kappa shape index (κ2) is 6.31. The van der Waals surface area contributed by atoms with Gasteiger partial charge in [0.05, 0.1) is 6.21 Å². The molecule has 3 N–H and O–H groups in total. The summed E-state index contributed by atoms with van der Waals surface area (Å²) in [6.07, 6.45) is 5.39. The molecule has 1 aromatic carbocycles. The number of halogens is 1.